The summed E-state index contributed by atoms with van der Waals surface area (Å²) in [6.07, 6.45) is 5.33. The zero-order chi connectivity index (χ0) is 16.4. The summed E-state index contributed by atoms with van der Waals surface area (Å²) in [6, 6.07) is 8.65. The number of aromatic nitrogens is 5. The van der Waals surface area contributed by atoms with E-state index in [2.05, 4.69) is 44.6 Å². The third-order valence-electron chi connectivity index (χ3n) is 4.44. The summed E-state index contributed by atoms with van der Waals surface area (Å²) in [6.45, 7) is 3.89. The van der Waals surface area contributed by atoms with Gasteiger partial charge in [-0.15, -0.1) is 0 Å². The lowest BCUT2D eigenvalue weighted by Crippen LogP contribution is -2.34. The number of nitrogens with one attached hydrogen (secondary N) is 1. The van der Waals surface area contributed by atoms with Crippen LogP contribution in [0.5, 0.6) is 0 Å². The second-order valence-corrected chi connectivity index (χ2v) is 6.32. The van der Waals surface area contributed by atoms with Crippen LogP contribution in [0, 0.1) is 0 Å². The summed E-state index contributed by atoms with van der Waals surface area (Å²) < 4.78 is 7.30. The Kier molecular flexibility index (Phi) is 4.08. The Morgan fingerprint density at radius 1 is 1.29 bits per heavy atom. The van der Waals surface area contributed by atoms with E-state index in [4.69, 9.17) is 4.52 Å². The Morgan fingerprint density at radius 3 is 2.92 bits per heavy atom. The molecule has 7 heteroatoms. The molecule has 0 spiro atoms. The quantitative estimate of drug-likeness (QED) is 0.792. The van der Waals surface area contributed by atoms with Gasteiger partial charge in [0.1, 0.15) is 12.7 Å². The van der Waals surface area contributed by atoms with E-state index in [1.165, 1.54) is 6.33 Å². The molecule has 0 aliphatic carbocycles. The molecule has 0 radical (unpaired) electrons. The predicted molar refractivity (Wildman–Crippen MR) is 88.3 cm³/mol. The molecule has 7 nitrogen and oxygen atoms in total. The maximum absolute atomic E-state index is 5.51. The van der Waals surface area contributed by atoms with E-state index in [-0.39, 0.29) is 0 Å². The molecule has 1 aromatic carbocycles. The lowest BCUT2D eigenvalue weighted by atomic mass is 9.93. The summed E-state index contributed by atoms with van der Waals surface area (Å²) >= 11 is 0. The van der Waals surface area contributed by atoms with Crippen LogP contribution in [-0.2, 0) is 6.54 Å². The molecule has 4 rings (SSSR count). The summed E-state index contributed by atoms with van der Waals surface area (Å²) in [4.78, 5) is 8.56. The molecule has 124 valence electrons. The van der Waals surface area contributed by atoms with E-state index in [9.17, 15) is 0 Å². The van der Waals surface area contributed by atoms with Crippen molar-refractivity contribution in [3.05, 3.63) is 48.4 Å². The summed E-state index contributed by atoms with van der Waals surface area (Å²) in [7, 11) is 0. The minimum absolute atomic E-state index is 0.356. The van der Waals surface area contributed by atoms with E-state index in [1.807, 2.05) is 12.1 Å². The smallest absolute Gasteiger partial charge is 0.230 e. The highest BCUT2D eigenvalue weighted by molar-refractivity contribution is 5.54. The van der Waals surface area contributed by atoms with E-state index < -0.39 is 0 Å². The zero-order valence-corrected chi connectivity index (χ0v) is 13.6. The van der Waals surface area contributed by atoms with Gasteiger partial charge in [0.25, 0.3) is 0 Å². The van der Waals surface area contributed by atoms with Gasteiger partial charge in [0, 0.05) is 17.5 Å². The Labute approximate surface area is 140 Å². The minimum Gasteiger partial charge on any atom is -0.339 e. The van der Waals surface area contributed by atoms with Gasteiger partial charge < -0.3 is 9.84 Å². The monoisotopic (exact) mass is 324 g/mol. The fourth-order valence-corrected chi connectivity index (χ4v) is 3.14. The van der Waals surface area contributed by atoms with Crippen LogP contribution in [0.2, 0.25) is 0 Å². The number of hydrogen-bond donors (Lipinski definition) is 1. The van der Waals surface area contributed by atoms with E-state index in [0.29, 0.717) is 24.3 Å². The zero-order valence-electron chi connectivity index (χ0n) is 13.6. The fourth-order valence-electron chi connectivity index (χ4n) is 3.14. The van der Waals surface area contributed by atoms with Gasteiger partial charge in [-0.1, -0.05) is 29.4 Å². The minimum atomic E-state index is 0.356. The first-order valence-electron chi connectivity index (χ1n) is 8.26. The molecule has 0 saturated carbocycles. The average Bonchev–Trinajstić information content (AvgIpc) is 3.27. The van der Waals surface area contributed by atoms with Crippen molar-refractivity contribution in [3.63, 3.8) is 0 Å². The maximum atomic E-state index is 5.51. The summed E-state index contributed by atoms with van der Waals surface area (Å²) in [5.74, 6) is 1.77. The van der Waals surface area contributed by atoms with Crippen molar-refractivity contribution < 1.29 is 4.52 Å². The first-order chi connectivity index (χ1) is 11.8. The molecule has 2 atom stereocenters. The molecule has 1 N–H and O–H groups in total. The number of piperidine rings is 1. The van der Waals surface area contributed by atoms with Crippen molar-refractivity contribution in [2.24, 2.45) is 0 Å². The van der Waals surface area contributed by atoms with Gasteiger partial charge in [-0.05, 0) is 31.9 Å². The predicted octanol–water partition coefficient (Wildman–Crippen LogP) is 2.23. The van der Waals surface area contributed by atoms with Gasteiger partial charge >= 0.3 is 0 Å². The number of hydrogen-bond acceptors (Lipinski definition) is 6. The molecule has 2 aromatic heterocycles. The number of rotatable bonds is 4. The SMILES string of the molecule is C[C@@H]1C[C@H](c2nc(-c3ccc(Cn4cncn4)cc3)no2)CCN1. The Bertz CT molecular complexity index is 780. The largest absolute Gasteiger partial charge is 0.339 e. The van der Waals surface area contributed by atoms with Crippen molar-refractivity contribution in [1.29, 1.82) is 0 Å². The Morgan fingerprint density at radius 2 is 2.17 bits per heavy atom. The second-order valence-electron chi connectivity index (χ2n) is 6.32. The third-order valence-corrected chi connectivity index (χ3v) is 4.44. The van der Waals surface area contributed by atoms with Crippen LogP contribution in [0.15, 0.2) is 41.4 Å². The van der Waals surface area contributed by atoms with Crippen molar-refractivity contribution in [2.45, 2.75) is 38.3 Å². The topological polar surface area (TPSA) is 81.7 Å². The van der Waals surface area contributed by atoms with Crippen LogP contribution in [0.4, 0.5) is 0 Å². The van der Waals surface area contributed by atoms with Crippen LogP contribution < -0.4 is 5.32 Å². The lowest BCUT2D eigenvalue weighted by molar-refractivity contribution is 0.295. The highest BCUT2D eigenvalue weighted by Gasteiger charge is 2.25. The standard InChI is InChI=1S/C17H20N6O/c1-12-8-15(6-7-19-12)17-21-16(22-24-17)14-4-2-13(3-5-14)9-23-11-18-10-20-23/h2-5,10-12,15,19H,6-9H2,1H3/t12-,15-/m1/s1. The highest BCUT2D eigenvalue weighted by atomic mass is 16.5. The van der Waals surface area contributed by atoms with Crippen molar-refractivity contribution >= 4 is 0 Å². The lowest BCUT2D eigenvalue weighted by Gasteiger charge is -2.25. The van der Waals surface area contributed by atoms with Gasteiger partial charge in [0.2, 0.25) is 11.7 Å². The first-order valence-corrected chi connectivity index (χ1v) is 8.26. The van der Waals surface area contributed by atoms with Gasteiger partial charge in [0.05, 0.1) is 6.54 Å². The molecule has 3 heterocycles. The molecule has 3 aromatic rings. The van der Waals surface area contributed by atoms with Crippen LogP contribution in [0.1, 0.15) is 37.1 Å². The first kappa shape index (κ1) is 15.0. The third kappa shape index (κ3) is 3.21. The van der Waals surface area contributed by atoms with Crippen LogP contribution >= 0.6 is 0 Å². The molecule has 0 unspecified atom stereocenters. The average molecular weight is 324 g/mol. The maximum Gasteiger partial charge on any atom is 0.230 e. The molecule has 24 heavy (non-hydrogen) atoms. The van der Waals surface area contributed by atoms with Crippen molar-refractivity contribution in [2.75, 3.05) is 6.54 Å². The Hall–Kier alpha value is -2.54. The highest BCUT2D eigenvalue weighted by Crippen LogP contribution is 2.28. The molecule has 1 aliphatic heterocycles. The van der Waals surface area contributed by atoms with E-state index >= 15 is 0 Å². The second kappa shape index (κ2) is 6.52. The van der Waals surface area contributed by atoms with Crippen molar-refractivity contribution in [3.8, 4) is 11.4 Å². The van der Waals surface area contributed by atoms with Crippen LogP contribution in [0.3, 0.4) is 0 Å². The molecule has 1 fully saturated rings. The van der Waals surface area contributed by atoms with Gasteiger partial charge in [-0.3, -0.25) is 0 Å². The molecule has 0 amide bonds. The van der Waals surface area contributed by atoms with Crippen LogP contribution in [0.25, 0.3) is 11.4 Å². The molecule has 1 aliphatic rings. The molecular weight excluding hydrogens is 304 g/mol. The fraction of sp³-hybridized carbons (Fsp3) is 0.412. The van der Waals surface area contributed by atoms with Gasteiger partial charge in [-0.2, -0.15) is 10.1 Å². The number of nitrogens with zero attached hydrogens (tertiary/aromatic N) is 5. The molecule has 1 saturated heterocycles. The normalized spacial score (nSPS) is 21.0. The van der Waals surface area contributed by atoms with Crippen LogP contribution in [-0.4, -0.2) is 37.5 Å². The summed E-state index contributed by atoms with van der Waals surface area (Å²) in [5, 5.41) is 11.7. The summed E-state index contributed by atoms with van der Waals surface area (Å²) in [5.41, 5.74) is 2.12. The van der Waals surface area contributed by atoms with E-state index in [0.717, 1.165) is 36.4 Å². The van der Waals surface area contributed by atoms with Gasteiger partial charge in [-0.25, -0.2) is 9.67 Å². The van der Waals surface area contributed by atoms with Gasteiger partial charge in [0.15, 0.2) is 0 Å². The Balaban J connectivity index is 1.48. The van der Waals surface area contributed by atoms with Crippen molar-refractivity contribution in [1.82, 2.24) is 30.2 Å². The number of benzene rings is 1. The molecular formula is C17H20N6O. The van der Waals surface area contributed by atoms with E-state index in [1.54, 1.807) is 11.0 Å². The molecule has 0 bridgehead atoms.